The molecule has 0 amide bonds. The molecule has 0 aliphatic heterocycles. The average Bonchev–Trinajstić information content (AvgIpc) is 2.43. The Kier molecular flexibility index (Phi) is 4.12. The van der Waals surface area contributed by atoms with E-state index >= 15 is 0 Å². The number of para-hydroxylation sites is 1. The normalized spacial score (nSPS) is 12.2. The van der Waals surface area contributed by atoms with Crippen LogP contribution in [0, 0.1) is 11.6 Å². The standard InChI is InChI=1S/C15H15F2NO/c1-19-15-5-3-2-4-11(15)14(18)9-10-6-7-12(16)13(17)8-10/h2-8,14H,9,18H2,1H3. The molecule has 2 aromatic rings. The third-order valence-corrected chi connectivity index (χ3v) is 2.98. The van der Waals surface area contributed by atoms with Crippen LogP contribution >= 0.6 is 0 Å². The zero-order valence-corrected chi connectivity index (χ0v) is 10.6. The third kappa shape index (κ3) is 3.09. The highest BCUT2D eigenvalue weighted by Crippen LogP contribution is 2.26. The largest absolute Gasteiger partial charge is 0.496 e. The van der Waals surface area contributed by atoms with E-state index in [1.165, 1.54) is 12.1 Å². The van der Waals surface area contributed by atoms with Crippen molar-refractivity contribution >= 4 is 0 Å². The second-order valence-electron chi connectivity index (χ2n) is 4.30. The zero-order chi connectivity index (χ0) is 13.8. The molecule has 0 radical (unpaired) electrons. The van der Waals surface area contributed by atoms with Gasteiger partial charge < -0.3 is 10.5 Å². The van der Waals surface area contributed by atoms with E-state index in [0.717, 1.165) is 11.6 Å². The molecule has 100 valence electrons. The number of methoxy groups -OCH3 is 1. The maximum absolute atomic E-state index is 13.1. The molecule has 2 aromatic carbocycles. The van der Waals surface area contributed by atoms with Crippen LogP contribution in [0.3, 0.4) is 0 Å². The van der Waals surface area contributed by atoms with E-state index < -0.39 is 11.6 Å². The summed E-state index contributed by atoms with van der Waals surface area (Å²) in [6, 6.07) is 10.9. The smallest absolute Gasteiger partial charge is 0.159 e. The molecule has 1 atom stereocenters. The van der Waals surface area contributed by atoms with Gasteiger partial charge in [0.2, 0.25) is 0 Å². The Morgan fingerprint density at radius 3 is 2.53 bits per heavy atom. The van der Waals surface area contributed by atoms with Gasteiger partial charge in [0.15, 0.2) is 11.6 Å². The molecule has 0 aliphatic rings. The fourth-order valence-electron chi connectivity index (χ4n) is 2.00. The fraction of sp³-hybridized carbons (Fsp3) is 0.200. The minimum Gasteiger partial charge on any atom is -0.496 e. The molecule has 0 aromatic heterocycles. The summed E-state index contributed by atoms with van der Waals surface area (Å²) in [5, 5.41) is 0. The van der Waals surface area contributed by atoms with Gasteiger partial charge in [-0.3, -0.25) is 0 Å². The van der Waals surface area contributed by atoms with Gasteiger partial charge in [-0.05, 0) is 30.2 Å². The number of benzene rings is 2. The summed E-state index contributed by atoms with van der Waals surface area (Å²) in [5.74, 6) is -1.02. The second-order valence-corrected chi connectivity index (χ2v) is 4.30. The van der Waals surface area contributed by atoms with Crippen molar-refractivity contribution in [2.45, 2.75) is 12.5 Å². The van der Waals surface area contributed by atoms with E-state index in [2.05, 4.69) is 0 Å². The number of hydrogen-bond donors (Lipinski definition) is 1. The van der Waals surface area contributed by atoms with Crippen LogP contribution in [-0.2, 0) is 6.42 Å². The van der Waals surface area contributed by atoms with Crippen LogP contribution in [-0.4, -0.2) is 7.11 Å². The van der Waals surface area contributed by atoms with Gasteiger partial charge in [-0.2, -0.15) is 0 Å². The van der Waals surface area contributed by atoms with E-state index in [4.69, 9.17) is 10.5 Å². The van der Waals surface area contributed by atoms with E-state index in [1.54, 1.807) is 7.11 Å². The summed E-state index contributed by atoms with van der Waals surface area (Å²) < 4.78 is 31.2. The molecule has 2 nitrogen and oxygen atoms in total. The first-order valence-corrected chi connectivity index (χ1v) is 5.94. The van der Waals surface area contributed by atoms with E-state index in [0.29, 0.717) is 17.7 Å². The van der Waals surface area contributed by atoms with Crippen LogP contribution in [0.1, 0.15) is 17.2 Å². The molecule has 0 saturated carbocycles. The van der Waals surface area contributed by atoms with Crippen LogP contribution in [0.15, 0.2) is 42.5 Å². The van der Waals surface area contributed by atoms with Gasteiger partial charge >= 0.3 is 0 Å². The van der Waals surface area contributed by atoms with Crippen LogP contribution < -0.4 is 10.5 Å². The highest BCUT2D eigenvalue weighted by molar-refractivity contribution is 5.36. The molecular formula is C15H15F2NO. The molecule has 0 fully saturated rings. The number of rotatable bonds is 4. The first kappa shape index (κ1) is 13.5. The van der Waals surface area contributed by atoms with E-state index in [-0.39, 0.29) is 6.04 Å². The predicted octanol–water partition coefficient (Wildman–Crippen LogP) is 3.22. The molecule has 0 heterocycles. The number of ether oxygens (including phenoxy) is 1. The first-order valence-electron chi connectivity index (χ1n) is 5.94. The molecule has 0 bridgehead atoms. The predicted molar refractivity (Wildman–Crippen MR) is 70.0 cm³/mol. The Morgan fingerprint density at radius 1 is 1.11 bits per heavy atom. The quantitative estimate of drug-likeness (QED) is 0.919. The van der Waals surface area contributed by atoms with Crippen molar-refractivity contribution in [3.63, 3.8) is 0 Å². The average molecular weight is 263 g/mol. The molecule has 0 saturated heterocycles. The van der Waals surface area contributed by atoms with E-state index in [9.17, 15) is 8.78 Å². The minimum absolute atomic E-state index is 0.332. The Balaban J connectivity index is 2.20. The van der Waals surface area contributed by atoms with Crippen molar-refractivity contribution in [1.82, 2.24) is 0 Å². The first-order chi connectivity index (χ1) is 9.11. The van der Waals surface area contributed by atoms with Gasteiger partial charge in [0.25, 0.3) is 0 Å². The van der Waals surface area contributed by atoms with E-state index in [1.807, 2.05) is 24.3 Å². The molecule has 1 unspecified atom stereocenters. The van der Waals surface area contributed by atoms with Crippen molar-refractivity contribution in [2.75, 3.05) is 7.11 Å². The van der Waals surface area contributed by atoms with Crippen molar-refractivity contribution in [2.24, 2.45) is 5.73 Å². The summed E-state index contributed by atoms with van der Waals surface area (Å²) >= 11 is 0. The van der Waals surface area contributed by atoms with Crippen molar-refractivity contribution in [3.05, 3.63) is 65.2 Å². The van der Waals surface area contributed by atoms with Gasteiger partial charge in [-0.25, -0.2) is 8.78 Å². The van der Waals surface area contributed by atoms with Gasteiger partial charge in [0, 0.05) is 11.6 Å². The lowest BCUT2D eigenvalue weighted by molar-refractivity contribution is 0.405. The lowest BCUT2D eigenvalue weighted by atomic mass is 9.99. The monoisotopic (exact) mass is 263 g/mol. The fourth-order valence-corrected chi connectivity index (χ4v) is 2.00. The highest BCUT2D eigenvalue weighted by atomic mass is 19.2. The molecular weight excluding hydrogens is 248 g/mol. The Hall–Kier alpha value is -1.94. The summed E-state index contributed by atoms with van der Waals surface area (Å²) in [6.07, 6.45) is 0.414. The molecule has 4 heteroatoms. The molecule has 2 rings (SSSR count). The lowest BCUT2D eigenvalue weighted by Gasteiger charge is -2.15. The van der Waals surface area contributed by atoms with Gasteiger partial charge in [0.1, 0.15) is 5.75 Å². The zero-order valence-electron chi connectivity index (χ0n) is 10.6. The van der Waals surface area contributed by atoms with Gasteiger partial charge in [-0.15, -0.1) is 0 Å². The highest BCUT2D eigenvalue weighted by Gasteiger charge is 2.13. The number of halogens is 2. The van der Waals surface area contributed by atoms with Crippen molar-refractivity contribution in [3.8, 4) is 5.75 Å². The Labute approximate surface area is 110 Å². The molecule has 19 heavy (non-hydrogen) atoms. The van der Waals surface area contributed by atoms with Gasteiger partial charge in [-0.1, -0.05) is 24.3 Å². The summed E-state index contributed by atoms with van der Waals surface area (Å²) in [7, 11) is 1.57. The summed E-state index contributed by atoms with van der Waals surface area (Å²) in [6.45, 7) is 0. The number of nitrogens with two attached hydrogens (primary N) is 1. The van der Waals surface area contributed by atoms with Gasteiger partial charge in [0.05, 0.1) is 7.11 Å². The molecule has 0 spiro atoms. The lowest BCUT2D eigenvalue weighted by Crippen LogP contribution is -2.14. The SMILES string of the molecule is COc1ccccc1C(N)Cc1ccc(F)c(F)c1. The van der Waals surface area contributed by atoms with Crippen LogP contribution in [0.25, 0.3) is 0 Å². The maximum Gasteiger partial charge on any atom is 0.159 e. The Morgan fingerprint density at radius 2 is 1.84 bits per heavy atom. The minimum atomic E-state index is -0.857. The maximum atomic E-state index is 13.1. The van der Waals surface area contributed by atoms with Crippen LogP contribution in [0.5, 0.6) is 5.75 Å². The van der Waals surface area contributed by atoms with Crippen LogP contribution in [0.2, 0.25) is 0 Å². The topological polar surface area (TPSA) is 35.2 Å². The number of hydrogen-bond acceptors (Lipinski definition) is 2. The third-order valence-electron chi connectivity index (χ3n) is 2.98. The summed E-state index contributed by atoms with van der Waals surface area (Å²) in [4.78, 5) is 0. The Bertz CT molecular complexity index is 572. The van der Waals surface area contributed by atoms with Crippen LogP contribution in [0.4, 0.5) is 8.78 Å². The molecule has 0 aliphatic carbocycles. The van der Waals surface area contributed by atoms with Crippen molar-refractivity contribution < 1.29 is 13.5 Å². The summed E-state index contributed by atoms with van der Waals surface area (Å²) in [5.41, 5.74) is 7.59. The second kappa shape index (κ2) is 5.80. The molecule has 2 N–H and O–H groups in total. The van der Waals surface area contributed by atoms with Crippen molar-refractivity contribution in [1.29, 1.82) is 0 Å².